The number of nitrogens with two attached hydrogens (primary N) is 1. The van der Waals surface area contributed by atoms with Crippen LogP contribution in [-0.4, -0.2) is 72.3 Å². The fraction of sp³-hybridized carbons (Fsp3) is 0.923. The molecule has 0 aliphatic carbocycles. The van der Waals surface area contributed by atoms with Crippen molar-refractivity contribution in [3.8, 4) is 0 Å². The normalized spacial score (nSPS) is 19.5. The lowest BCUT2D eigenvalue weighted by Crippen LogP contribution is -2.52. The second-order valence-corrected chi connectivity index (χ2v) is 20.8. The Bertz CT molecular complexity index is 1260. The number of phosphoric acid groups is 1. The maximum absolute atomic E-state index is 16.3. The number of esters is 1. The van der Waals surface area contributed by atoms with E-state index in [1.165, 1.54) is 160 Å². The molecule has 2 heterocycles. The fourth-order valence-electron chi connectivity index (χ4n) is 8.77. The molecule has 14 heteroatoms. The van der Waals surface area contributed by atoms with Gasteiger partial charge in [0.05, 0.1) is 19.8 Å². The Morgan fingerprint density at radius 1 is 0.636 bits per heavy atom. The Hall–Kier alpha value is -1.63. The molecule has 2 aliphatic rings. The second-order valence-electron chi connectivity index (χ2n) is 19.1. The number of carbonyl (C=O) groups excluding carboxylic acids is 1. The lowest BCUT2D eigenvalue weighted by atomic mass is 10.0. The van der Waals surface area contributed by atoms with Crippen molar-refractivity contribution >= 4 is 19.6 Å². The molecule has 3 N–H and O–H groups in total. The van der Waals surface area contributed by atoms with E-state index in [4.69, 9.17) is 28.8 Å². The van der Waals surface area contributed by atoms with Crippen LogP contribution in [0.4, 0.5) is 8.78 Å². The number of unbranched alkanes of at least 4 members (excludes halogenated alkanes) is 33. The van der Waals surface area contributed by atoms with Gasteiger partial charge in [-0.3, -0.25) is 18.4 Å². The third-order valence-electron chi connectivity index (χ3n) is 13.0. The van der Waals surface area contributed by atoms with Crippen LogP contribution in [0.25, 0.3) is 0 Å². The molecule has 4 atom stereocenters. The van der Waals surface area contributed by atoms with Gasteiger partial charge in [0.2, 0.25) is 12.6 Å². The van der Waals surface area contributed by atoms with Crippen LogP contribution in [0.3, 0.4) is 0 Å². The summed E-state index contributed by atoms with van der Waals surface area (Å²) >= 11 is 0. The summed E-state index contributed by atoms with van der Waals surface area (Å²) in [5.74, 6) is -4.64. The molecule has 0 spiro atoms. The summed E-state index contributed by atoms with van der Waals surface area (Å²) in [4.78, 5) is 17.7. The monoisotopic (exact) mass is 962 g/mol. The Kier molecular flexibility index (Phi) is 35.9. The predicted octanol–water partition coefficient (Wildman–Crippen LogP) is 15.4. The van der Waals surface area contributed by atoms with E-state index in [1.807, 2.05) is 0 Å². The number of nitrogens with zero attached hydrogens (tertiary/aromatic N) is 2. The summed E-state index contributed by atoms with van der Waals surface area (Å²) < 4.78 is 75.6. The highest BCUT2D eigenvalue weighted by atomic mass is 31.2. The summed E-state index contributed by atoms with van der Waals surface area (Å²) in [5.41, 5.74) is 5.70. The van der Waals surface area contributed by atoms with E-state index < -0.39 is 51.1 Å². The SMILES string of the molecule is CCCCCCCCCCCCCCOP(=O)(OCCCCCCCCCCCCCC)OC[C@H]1O[C@@H](N2C=CC(N)=NC2O)C(F)(F)[C@@H]1OC(=O)CCCCCCCCCCCCCC. The number of hydrogen-bond donors (Lipinski definition) is 2. The fourth-order valence-corrected chi connectivity index (χ4v) is 10.0. The van der Waals surface area contributed by atoms with Crippen molar-refractivity contribution in [3.05, 3.63) is 12.3 Å². The second kappa shape index (κ2) is 39.1. The molecule has 2 aliphatic heterocycles. The van der Waals surface area contributed by atoms with Crippen LogP contribution in [-0.2, 0) is 32.4 Å². The van der Waals surface area contributed by atoms with Gasteiger partial charge < -0.3 is 25.2 Å². The largest absolute Gasteiger partial charge is 0.474 e. The quantitative estimate of drug-likeness (QED) is 0.0344. The molecule has 0 aromatic rings. The first-order valence-electron chi connectivity index (χ1n) is 27.3. The zero-order valence-corrected chi connectivity index (χ0v) is 43.1. The van der Waals surface area contributed by atoms with Crippen molar-refractivity contribution in [2.45, 2.75) is 289 Å². The van der Waals surface area contributed by atoms with E-state index in [-0.39, 0.29) is 25.5 Å². The summed E-state index contributed by atoms with van der Waals surface area (Å²) in [5, 5.41) is 10.6. The number of halogens is 2. The van der Waals surface area contributed by atoms with Crippen molar-refractivity contribution in [3.63, 3.8) is 0 Å². The Morgan fingerprint density at radius 2 is 1.00 bits per heavy atom. The van der Waals surface area contributed by atoms with Crippen LogP contribution in [0.2, 0.25) is 0 Å². The zero-order valence-electron chi connectivity index (χ0n) is 42.2. The lowest BCUT2D eigenvalue weighted by molar-refractivity contribution is -0.195. The highest BCUT2D eigenvalue weighted by molar-refractivity contribution is 7.48. The molecule has 2 rings (SSSR count). The van der Waals surface area contributed by atoms with Crippen molar-refractivity contribution in [1.29, 1.82) is 0 Å². The molecule has 0 saturated carbocycles. The molecule has 0 aromatic carbocycles. The maximum Gasteiger partial charge on any atom is 0.474 e. The van der Waals surface area contributed by atoms with E-state index in [1.54, 1.807) is 0 Å². The summed E-state index contributed by atoms with van der Waals surface area (Å²) in [7, 11) is -4.23. The molecule has 0 bridgehead atoms. The van der Waals surface area contributed by atoms with Gasteiger partial charge >= 0.3 is 19.7 Å². The van der Waals surface area contributed by atoms with Crippen molar-refractivity contribution in [2.24, 2.45) is 10.7 Å². The lowest BCUT2D eigenvalue weighted by Gasteiger charge is -2.34. The highest BCUT2D eigenvalue weighted by Gasteiger charge is 2.64. The topological polar surface area (TPSA) is 142 Å². The first kappa shape index (κ1) is 60.5. The average Bonchev–Trinajstić information content (AvgIpc) is 3.54. The van der Waals surface area contributed by atoms with E-state index in [9.17, 15) is 14.5 Å². The van der Waals surface area contributed by atoms with E-state index >= 15 is 8.78 Å². The van der Waals surface area contributed by atoms with Gasteiger partial charge in [0.25, 0.3) is 0 Å². The van der Waals surface area contributed by atoms with Crippen LogP contribution in [0.1, 0.15) is 258 Å². The van der Waals surface area contributed by atoms with Crippen molar-refractivity contribution in [1.82, 2.24) is 4.90 Å². The number of carbonyl (C=O) groups is 1. The molecule has 0 aromatic heterocycles. The minimum atomic E-state index is -4.23. The van der Waals surface area contributed by atoms with Crippen LogP contribution < -0.4 is 5.73 Å². The Morgan fingerprint density at radius 3 is 1.38 bits per heavy atom. The number of aliphatic imine (C=N–C) groups is 1. The van der Waals surface area contributed by atoms with Gasteiger partial charge in [0, 0.05) is 12.6 Å². The summed E-state index contributed by atoms with van der Waals surface area (Å²) in [6.07, 6.45) is 36.2. The van der Waals surface area contributed by atoms with E-state index in [2.05, 4.69) is 25.8 Å². The van der Waals surface area contributed by atoms with Gasteiger partial charge in [-0.1, -0.05) is 233 Å². The van der Waals surface area contributed by atoms with Crippen LogP contribution in [0.5, 0.6) is 0 Å². The molecule has 388 valence electrons. The summed E-state index contributed by atoms with van der Waals surface area (Å²) in [6, 6.07) is 0. The van der Waals surface area contributed by atoms with Crippen molar-refractivity contribution < 1.29 is 46.3 Å². The number of amidine groups is 1. The maximum atomic E-state index is 16.3. The number of hydrogen-bond acceptors (Lipinski definition) is 11. The highest BCUT2D eigenvalue weighted by Crippen LogP contribution is 2.51. The van der Waals surface area contributed by atoms with Gasteiger partial charge in [0.15, 0.2) is 6.10 Å². The van der Waals surface area contributed by atoms with Gasteiger partial charge in [-0.15, -0.1) is 0 Å². The molecule has 1 saturated heterocycles. The number of alkyl halides is 2. The van der Waals surface area contributed by atoms with Gasteiger partial charge in [-0.25, -0.2) is 9.56 Å². The number of phosphoric ester groups is 1. The predicted molar refractivity (Wildman–Crippen MR) is 265 cm³/mol. The van der Waals surface area contributed by atoms with E-state index in [0.29, 0.717) is 19.3 Å². The van der Waals surface area contributed by atoms with Crippen LogP contribution in [0, 0.1) is 0 Å². The standard InChI is InChI=1S/C52H98F2N3O8P/c1-4-7-10-13-16-19-22-25-28-31-34-37-40-48(58)65-49-46(64-50(52(49,53)54)57-42-41-47(55)56-51(57)59)45-63-66(60,61-43-38-35-32-29-26-23-20-17-14-11-8-5-2)62-44-39-36-33-30-27-24-21-18-15-12-9-6-3/h41-42,46,49-51,59H,4-40,43-45H2,1-3H3,(H2,55,56)/t46-,49-,50-,51?/m1/s1. The minimum Gasteiger partial charge on any atom is -0.453 e. The smallest absolute Gasteiger partial charge is 0.453 e. The number of aliphatic hydroxyl groups excluding tert-OH is 1. The van der Waals surface area contributed by atoms with Crippen LogP contribution in [0.15, 0.2) is 17.3 Å². The number of aliphatic hydroxyl groups is 1. The third-order valence-corrected chi connectivity index (χ3v) is 14.4. The zero-order chi connectivity index (χ0) is 48.0. The average molecular weight is 962 g/mol. The Labute approximate surface area is 401 Å². The molecule has 1 unspecified atom stereocenters. The van der Waals surface area contributed by atoms with Crippen LogP contribution >= 0.6 is 7.82 Å². The molecule has 1 fully saturated rings. The summed E-state index contributed by atoms with van der Waals surface area (Å²) in [6.45, 7) is 6.29. The third kappa shape index (κ3) is 28.1. The molecular formula is C52H98F2N3O8P. The van der Waals surface area contributed by atoms with Gasteiger partial charge in [-0.05, 0) is 25.3 Å². The van der Waals surface area contributed by atoms with Gasteiger partial charge in [0.1, 0.15) is 11.9 Å². The van der Waals surface area contributed by atoms with Crippen molar-refractivity contribution in [2.75, 3.05) is 19.8 Å². The first-order valence-corrected chi connectivity index (χ1v) is 28.8. The molecule has 0 radical (unpaired) electrons. The number of rotatable bonds is 46. The van der Waals surface area contributed by atoms with E-state index in [0.717, 1.165) is 69.1 Å². The molecule has 0 amide bonds. The molecule has 11 nitrogen and oxygen atoms in total. The number of ether oxygens (including phenoxy) is 2. The minimum absolute atomic E-state index is 0.0296. The Balaban J connectivity index is 1.96. The van der Waals surface area contributed by atoms with Gasteiger partial charge in [-0.2, -0.15) is 8.78 Å². The first-order chi connectivity index (χ1) is 32.1. The molecule has 66 heavy (non-hydrogen) atoms. The molecular weight excluding hydrogens is 864 g/mol.